The van der Waals surface area contributed by atoms with Crippen LogP contribution in [0.5, 0.6) is 5.75 Å². The van der Waals surface area contributed by atoms with Gasteiger partial charge in [-0.3, -0.25) is 14.6 Å². The van der Waals surface area contributed by atoms with Gasteiger partial charge in [0.05, 0.1) is 10.5 Å². The molecule has 30 heavy (non-hydrogen) atoms. The van der Waals surface area contributed by atoms with Gasteiger partial charge in [-0.05, 0) is 47.9 Å². The summed E-state index contributed by atoms with van der Waals surface area (Å²) in [6, 6.07) is 12.1. The lowest BCUT2D eigenvalue weighted by molar-refractivity contribution is -0.119. The minimum atomic E-state index is -4.27. The van der Waals surface area contributed by atoms with E-state index < -0.39 is 15.9 Å². The molecule has 0 radical (unpaired) electrons. The quantitative estimate of drug-likeness (QED) is 0.390. The number of sulfonamides is 1. The van der Waals surface area contributed by atoms with Crippen molar-refractivity contribution in [2.24, 2.45) is 0 Å². The van der Waals surface area contributed by atoms with E-state index in [0.717, 1.165) is 11.6 Å². The summed E-state index contributed by atoms with van der Waals surface area (Å²) < 4.78 is 27.4. The molecule has 0 fully saturated rings. The van der Waals surface area contributed by atoms with E-state index in [-0.39, 0.29) is 28.2 Å². The van der Waals surface area contributed by atoms with Gasteiger partial charge in [0.25, 0.3) is 10.0 Å². The molecule has 0 aliphatic rings. The van der Waals surface area contributed by atoms with Crippen molar-refractivity contribution in [3.63, 3.8) is 0 Å². The number of nitrogen functional groups attached to an aromatic ring is 1. The van der Waals surface area contributed by atoms with Gasteiger partial charge in [0.1, 0.15) is 5.75 Å². The van der Waals surface area contributed by atoms with Crippen LogP contribution in [0.15, 0.2) is 65.8 Å². The van der Waals surface area contributed by atoms with Crippen molar-refractivity contribution in [3.05, 3.63) is 72.1 Å². The van der Waals surface area contributed by atoms with Crippen LogP contribution in [-0.2, 0) is 21.2 Å². The first-order valence-corrected chi connectivity index (χ1v) is 10.4. The Kier molecular flexibility index (Phi) is 6.12. The number of aldehydes is 1. The number of nitrogens with two attached hydrogens (primary N) is 1. The molecule has 0 spiro atoms. The van der Waals surface area contributed by atoms with Crippen LogP contribution in [0, 0.1) is 0 Å². The van der Waals surface area contributed by atoms with Gasteiger partial charge in [-0.1, -0.05) is 18.2 Å². The lowest BCUT2D eigenvalue weighted by Crippen LogP contribution is -2.30. The maximum Gasteiger partial charge on any atom is 0.264 e. The number of pyridine rings is 1. The summed E-state index contributed by atoms with van der Waals surface area (Å²) in [6.45, 7) is 0. The number of aromatic nitrogens is 1. The second kappa shape index (κ2) is 8.75. The van der Waals surface area contributed by atoms with Crippen molar-refractivity contribution < 1.29 is 23.1 Å². The number of aromatic hydroxyl groups is 1. The third-order valence-electron chi connectivity index (χ3n) is 4.36. The van der Waals surface area contributed by atoms with Gasteiger partial charge >= 0.3 is 0 Å². The van der Waals surface area contributed by atoms with E-state index in [2.05, 4.69) is 4.98 Å². The molecule has 1 heterocycles. The molecule has 0 bridgehead atoms. The number of phenolic OH excluding ortho intramolecular Hbond substituents is 1. The lowest BCUT2D eigenvalue weighted by Gasteiger charge is -2.12. The Morgan fingerprint density at radius 1 is 1.17 bits per heavy atom. The van der Waals surface area contributed by atoms with Crippen molar-refractivity contribution in [2.45, 2.75) is 17.7 Å². The molecular weight excluding hydrogens is 406 g/mol. The van der Waals surface area contributed by atoms with Crippen LogP contribution < -0.4 is 10.5 Å². The van der Waals surface area contributed by atoms with Crippen LogP contribution in [0.1, 0.15) is 22.3 Å². The monoisotopic (exact) mass is 425 g/mol. The predicted octanol–water partition coefficient (Wildman–Crippen LogP) is 2.29. The van der Waals surface area contributed by atoms with Gasteiger partial charge < -0.3 is 10.8 Å². The topological polar surface area (TPSA) is 139 Å². The first-order valence-electron chi connectivity index (χ1n) is 8.93. The Bertz CT molecular complexity index is 1190. The van der Waals surface area contributed by atoms with Gasteiger partial charge in [0.2, 0.25) is 5.91 Å². The highest BCUT2D eigenvalue weighted by atomic mass is 32.2. The molecule has 1 amide bonds. The molecule has 1 aromatic heterocycles. The predicted molar refractivity (Wildman–Crippen MR) is 111 cm³/mol. The summed E-state index contributed by atoms with van der Waals surface area (Å²) in [6.07, 6.45) is 3.79. The normalized spacial score (nSPS) is 11.1. The number of benzene rings is 2. The highest BCUT2D eigenvalue weighted by molar-refractivity contribution is 7.90. The first-order chi connectivity index (χ1) is 14.3. The van der Waals surface area contributed by atoms with Crippen LogP contribution in [0.2, 0.25) is 0 Å². The number of carbonyl (C=O) groups is 2. The molecule has 2 aromatic carbocycles. The van der Waals surface area contributed by atoms with Crippen LogP contribution >= 0.6 is 0 Å². The van der Waals surface area contributed by atoms with E-state index >= 15 is 0 Å². The van der Waals surface area contributed by atoms with Gasteiger partial charge in [0, 0.05) is 30.1 Å². The second-order valence-electron chi connectivity index (χ2n) is 6.54. The number of hydrogen-bond acceptors (Lipinski definition) is 7. The number of carbonyl (C=O) groups excluding carboxylic acids is 2. The van der Waals surface area contributed by atoms with Crippen LogP contribution in [0.4, 0.5) is 5.69 Å². The Morgan fingerprint density at radius 3 is 2.63 bits per heavy atom. The van der Waals surface area contributed by atoms with E-state index in [9.17, 15) is 23.1 Å². The van der Waals surface area contributed by atoms with Gasteiger partial charge in [-0.15, -0.1) is 0 Å². The average Bonchev–Trinajstić information content (AvgIpc) is 2.72. The summed E-state index contributed by atoms with van der Waals surface area (Å²) in [5.41, 5.74) is 7.26. The fourth-order valence-electron chi connectivity index (χ4n) is 2.86. The standard InChI is InChI=1S/C21H19N3O5S/c22-17-5-1-4-15(9-17)19-11-18(10-16(13-25)21(19)27)30(28,29)24-20(26)7-6-14-3-2-8-23-12-14/h1-5,8-13,27H,6-7,22H2,(H,24,26). The maximum atomic E-state index is 12.7. The van der Waals surface area contributed by atoms with Crippen molar-refractivity contribution in [2.75, 3.05) is 5.73 Å². The number of phenols is 1. The Labute approximate surface area is 173 Å². The number of rotatable bonds is 7. The smallest absolute Gasteiger partial charge is 0.264 e. The van der Waals surface area contributed by atoms with Crippen LogP contribution in [0.25, 0.3) is 11.1 Å². The molecule has 0 unspecified atom stereocenters. The Morgan fingerprint density at radius 2 is 1.97 bits per heavy atom. The minimum absolute atomic E-state index is 0.0639. The maximum absolute atomic E-state index is 12.7. The molecule has 154 valence electrons. The lowest BCUT2D eigenvalue weighted by atomic mass is 10.0. The molecule has 8 nitrogen and oxygen atoms in total. The van der Waals surface area contributed by atoms with E-state index in [0.29, 0.717) is 24.0 Å². The van der Waals surface area contributed by atoms with Gasteiger partial charge in [-0.25, -0.2) is 13.1 Å². The Hall–Kier alpha value is -3.72. The van der Waals surface area contributed by atoms with Gasteiger partial charge in [0.15, 0.2) is 6.29 Å². The van der Waals surface area contributed by atoms with E-state index in [1.165, 1.54) is 12.1 Å². The zero-order valence-electron chi connectivity index (χ0n) is 15.8. The molecule has 3 rings (SSSR count). The molecular formula is C21H19N3O5S. The van der Waals surface area contributed by atoms with Crippen molar-refractivity contribution in [1.82, 2.24) is 9.71 Å². The van der Waals surface area contributed by atoms with Crippen molar-refractivity contribution >= 4 is 27.9 Å². The number of amides is 1. The third-order valence-corrected chi connectivity index (χ3v) is 5.71. The number of nitrogens with one attached hydrogen (secondary N) is 1. The fourth-order valence-corrected chi connectivity index (χ4v) is 3.94. The molecule has 0 atom stereocenters. The molecule has 0 saturated heterocycles. The Balaban J connectivity index is 1.88. The summed E-state index contributed by atoms with van der Waals surface area (Å²) in [5.74, 6) is -1.08. The van der Waals surface area contributed by atoms with E-state index in [4.69, 9.17) is 5.73 Å². The number of hydrogen-bond donors (Lipinski definition) is 3. The largest absolute Gasteiger partial charge is 0.507 e. The van der Waals surface area contributed by atoms with Crippen LogP contribution in [-0.4, -0.2) is 30.7 Å². The van der Waals surface area contributed by atoms with E-state index in [1.54, 1.807) is 42.7 Å². The van der Waals surface area contributed by atoms with Crippen LogP contribution in [0.3, 0.4) is 0 Å². The average molecular weight is 425 g/mol. The van der Waals surface area contributed by atoms with Crippen molar-refractivity contribution in [3.8, 4) is 16.9 Å². The van der Waals surface area contributed by atoms with Crippen molar-refractivity contribution in [1.29, 1.82) is 0 Å². The number of anilines is 1. The second-order valence-corrected chi connectivity index (χ2v) is 8.22. The highest BCUT2D eigenvalue weighted by Gasteiger charge is 2.22. The summed E-state index contributed by atoms with van der Waals surface area (Å²) in [5, 5.41) is 10.4. The summed E-state index contributed by atoms with van der Waals surface area (Å²) in [4.78, 5) is 27.2. The number of aryl methyl sites for hydroxylation is 1. The molecule has 0 aliphatic heterocycles. The molecule has 9 heteroatoms. The summed E-state index contributed by atoms with van der Waals surface area (Å²) in [7, 11) is -4.27. The minimum Gasteiger partial charge on any atom is -0.507 e. The zero-order chi connectivity index (χ0) is 21.7. The molecule has 4 N–H and O–H groups in total. The molecule has 3 aromatic rings. The zero-order valence-corrected chi connectivity index (χ0v) is 16.6. The van der Waals surface area contributed by atoms with Gasteiger partial charge in [-0.2, -0.15) is 0 Å². The first kappa shape index (κ1) is 21.0. The summed E-state index contributed by atoms with van der Waals surface area (Å²) >= 11 is 0. The number of nitrogens with zero attached hydrogens (tertiary/aromatic N) is 1. The van der Waals surface area contributed by atoms with E-state index in [1.807, 2.05) is 4.72 Å². The third kappa shape index (κ3) is 4.81. The molecule has 0 aliphatic carbocycles. The highest BCUT2D eigenvalue weighted by Crippen LogP contribution is 2.35. The SMILES string of the molecule is Nc1cccc(-c2cc(S(=O)(=O)NC(=O)CCc3cccnc3)cc(C=O)c2O)c1. The molecule has 0 saturated carbocycles. The fraction of sp³-hybridized carbons (Fsp3) is 0.0952.